The average molecular weight is 191 g/mol. The highest BCUT2D eigenvalue weighted by Crippen LogP contribution is 2.13. The third-order valence-corrected chi connectivity index (χ3v) is 1.35. The number of rotatable bonds is 2. The molecule has 1 aromatic heterocycles. The third kappa shape index (κ3) is 1.84. The predicted molar refractivity (Wildman–Crippen MR) is 37.1 cm³/mol. The van der Waals surface area contributed by atoms with Crippen molar-refractivity contribution < 1.29 is 9.15 Å². The van der Waals surface area contributed by atoms with Crippen LogP contribution in [0.2, 0.25) is 0 Å². The molecule has 0 aliphatic heterocycles. The summed E-state index contributed by atoms with van der Waals surface area (Å²) in [5, 5.41) is 0. The van der Waals surface area contributed by atoms with Gasteiger partial charge in [0.05, 0.1) is 12.9 Å². The molecule has 0 atom stereocenters. The van der Waals surface area contributed by atoms with Crippen LogP contribution in [0.3, 0.4) is 0 Å². The largest absolute Gasteiger partial charge is 0.457 e. The summed E-state index contributed by atoms with van der Waals surface area (Å²) >= 11 is 3.18. The molecule has 0 aliphatic carbocycles. The lowest BCUT2D eigenvalue weighted by Gasteiger charge is -1.88. The topological polar surface area (TPSA) is 22.4 Å². The molecule has 3 heteroatoms. The summed E-state index contributed by atoms with van der Waals surface area (Å²) < 4.78 is 10.6. The van der Waals surface area contributed by atoms with E-state index < -0.39 is 0 Å². The van der Waals surface area contributed by atoms with E-state index >= 15 is 0 Å². The second-order valence-electron chi connectivity index (χ2n) is 1.69. The standard InChI is InChI=1S/C6H7BrO2/c1-8-3-5-2-6(7)9-4-5/h2,4H,3H2,1H3. The van der Waals surface area contributed by atoms with Gasteiger partial charge in [-0.2, -0.15) is 0 Å². The first-order valence-electron chi connectivity index (χ1n) is 2.55. The van der Waals surface area contributed by atoms with E-state index in [-0.39, 0.29) is 0 Å². The molecule has 50 valence electrons. The lowest BCUT2D eigenvalue weighted by Crippen LogP contribution is -1.81. The summed E-state index contributed by atoms with van der Waals surface area (Å²) in [5.74, 6) is 0. The van der Waals surface area contributed by atoms with Crippen molar-refractivity contribution >= 4 is 15.9 Å². The maximum absolute atomic E-state index is 4.95. The van der Waals surface area contributed by atoms with E-state index in [1.807, 2.05) is 6.07 Å². The molecule has 0 unspecified atom stereocenters. The predicted octanol–water partition coefficient (Wildman–Crippen LogP) is 2.19. The van der Waals surface area contributed by atoms with Crippen molar-refractivity contribution in [1.82, 2.24) is 0 Å². The normalized spacial score (nSPS) is 10.0. The van der Waals surface area contributed by atoms with Crippen molar-refractivity contribution in [2.45, 2.75) is 6.61 Å². The van der Waals surface area contributed by atoms with Crippen LogP contribution >= 0.6 is 15.9 Å². The van der Waals surface area contributed by atoms with E-state index in [1.54, 1.807) is 13.4 Å². The van der Waals surface area contributed by atoms with Gasteiger partial charge in [0.1, 0.15) is 0 Å². The summed E-state index contributed by atoms with van der Waals surface area (Å²) in [7, 11) is 1.65. The Kier molecular flexibility index (Phi) is 2.30. The minimum Gasteiger partial charge on any atom is -0.457 e. The van der Waals surface area contributed by atoms with Crippen molar-refractivity contribution in [2.75, 3.05) is 7.11 Å². The maximum Gasteiger partial charge on any atom is 0.169 e. The number of ether oxygens (including phenoxy) is 1. The second kappa shape index (κ2) is 3.03. The van der Waals surface area contributed by atoms with Crippen LogP contribution in [0.4, 0.5) is 0 Å². The van der Waals surface area contributed by atoms with Gasteiger partial charge >= 0.3 is 0 Å². The number of furan rings is 1. The molecule has 1 rings (SSSR count). The monoisotopic (exact) mass is 190 g/mol. The molecule has 0 N–H and O–H groups in total. The molecule has 2 nitrogen and oxygen atoms in total. The molecule has 0 saturated heterocycles. The molecular weight excluding hydrogens is 184 g/mol. The molecule has 0 aromatic carbocycles. The Morgan fingerprint density at radius 2 is 2.56 bits per heavy atom. The fourth-order valence-electron chi connectivity index (χ4n) is 0.588. The number of methoxy groups -OCH3 is 1. The summed E-state index contributed by atoms with van der Waals surface area (Å²) in [4.78, 5) is 0. The van der Waals surface area contributed by atoms with E-state index in [9.17, 15) is 0 Å². The van der Waals surface area contributed by atoms with Crippen LogP contribution in [-0.4, -0.2) is 7.11 Å². The van der Waals surface area contributed by atoms with Crippen LogP contribution in [0.25, 0.3) is 0 Å². The van der Waals surface area contributed by atoms with Crippen molar-refractivity contribution in [1.29, 1.82) is 0 Å². The first-order valence-corrected chi connectivity index (χ1v) is 3.34. The van der Waals surface area contributed by atoms with E-state index in [1.165, 1.54) is 0 Å². The highest BCUT2D eigenvalue weighted by atomic mass is 79.9. The molecule has 1 aromatic rings. The van der Waals surface area contributed by atoms with Crippen molar-refractivity contribution in [3.63, 3.8) is 0 Å². The zero-order valence-corrected chi connectivity index (χ0v) is 6.64. The molecule has 0 saturated carbocycles. The molecule has 9 heavy (non-hydrogen) atoms. The van der Waals surface area contributed by atoms with Gasteiger partial charge in [0, 0.05) is 12.7 Å². The van der Waals surface area contributed by atoms with Gasteiger partial charge < -0.3 is 9.15 Å². The molecule has 0 bridgehead atoms. The summed E-state index contributed by atoms with van der Waals surface area (Å²) in [6.45, 7) is 0.606. The number of hydrogen-bond acceptors (Lipinski definition) is 2. The van der Waals surface area contributed by atoms with E-state index in [0.717, 1.165) is 10.2 Å². The van der Waals surface area contributed by atoms with E-state index in [4.69, 9.17) is 9.15 Å². The van der Waals surface area contributed by atoms with Crippen LogP contribution in [0, 0.1) is 0 Å². The molecular formula is C6H7BrO2. The summed E-state index contributed by atoms with van der Waals surface area (Å²) in [6.07, 6.45) is 1.66. The summed E-state index contributed by atoms with van der Waals surface area (Å²) in [5.41, 5.74) is 1.05. The van der Waals surface area contributed by atoms with Crippen LogP contribution in [-0.2, 0) is 11.3 Å². The Bertz CT molecular complexity index is 183. The summed E-state index contributed by atoms with van der Waals surface area (Å²) in [6, 6.07) is 1.88. The average Bonchev–Trinajstić information content (AvgIpc) is 2.17. The van der Waals surface area contributed by atoms with Gasteiger partial charge in [-0.3, -0.25) is 0 Å². The van der Waals surface area contributed by atoms with Gasteiger partial charge in [-0.05, 0) is 22.0 Å². The van der Waals surface area contributed by atoms with Crippen LogP contribution in [0.15, 0.2) is 21.4 Å². The molecule has 0 aliphatic rings. The van der Waals surface area contributed by atoms with Crippen molar-refractivity contribution in [2.24, 2.45) is 0 Å². The third-order valence-electron chi connectivity index (χ3n) is 0.933. The maximum atomic E-state index is 4.95. The minimum absolute atomic E-state index is 0.606. The molecule has 0 amide bonds. The van der Waals surface area contributed by atoms with Gasteiger partial charge in [0.2, 0.25) is 0 Å². The minimum atomic E-state index is 0.606. The van der Waals surface area contributed by atoms with Crippen molar-refractivity contribution in [3.8, 4) is 0 Å². The highest BCUT2D eigenvalue weighted by Gasteiger charge is 1.95. The first-order chi connectivity index (χ1) is 4.33. The van der Waals surface area contributed by atoms with Crippen LogP contribution in [0.5, 0.6) is 0 Å². The number of halogens is 1. The Hall–Kier alpha value is -0.280. The fraction of sp³-hybridized carbons (Fsp3) is 0.333. The molecule has 0 fully saturated rings. The Labute approximate surface area is 61.9 Å². The van der Waals surface area contributed by atoms with Crippen LogP contribution in [0.1, 0.15) is 5.56 Å². The molecule has 1 heterocycles. The van der Waals surface area contributed by atoms with Crippen molar-refractivity contribution in [3.05, 3.63) is 22.6 Å². The Morgan fingerprint density at radius 1 is 1.78 bits per heavy atom. The molecule has 0 radical (unpaired) electrons. The van der Waals surface area contributed by atoms with E-state index in [2.05, 4.69) is 15.9 Å². The van der Waals surface area contributed by atoms with Crippen LogP contribution < -0.4 is 0 Å². The first kappa shape index (κ1) is 6.83. The number of hydrogen-bond donors (Lipinski definition) is 0. The van der Waals surface area contributed by atoms with Gasteiger partial charge in [-0.1, -0.05) is 0 Å². The van der Waals surface area contributed by atoms with Gasteiger partial charge in [-0.25, -0.2) is 0 Å². The SMILES string of the molecule is COCc1coc(Br)c1. The van der Waals surface area contributed by atoms with Gasteiger partial charge in [0.15, 0.2) is 4.67 Å². The zero-order valence-electron chi connectivity index (χ0n) is 5.06. The van der Waals surface area contributed by atoms with Gasteiger partial charge in [0.25, 0.3) is 0 Å². The smallest absolute Gasteiger partial charge is 0.169 e. The quantitative estimate of drug-likeness (QED) is 0.714. The van der Waals surface area contributed by atoms with E-state index in [0.29, 0.717) is 6.61 Å². The molecule has 0 spiro atoms. The van der Waals surface area contributed by atoms with Gasteiger partial charge in [-0.15, -0.1) is 0 Å². The Morgan fingerprint density at radius 3 is 3.00 bits per heavy atom. The second-order valence-corrected chi connectivity index (χ2v) is 2.47. The lowest BCUT2D eigenvalue weighted by atomic mass is 10.4. The Balaban J connectivity index is 2.61. The fourth-order valence-corrected chi connectivity index (χ4v) is 0.976. The highest BCUT2D eigenvalue weighted by molar-refractivity contribution is 9.10. The lowest BCUT2D eigenvalue weighted by molar-refractivity contribution is 0.184. The zero-order chi connectivity index (χ0) is 6.69.